The van der Waals surface area contributed by atoms with E-state index < -0.39 is 0 Å². The molecule has 3 nitrogen and oxygen atoms in total. The van der Waals surface area contributed by atoms with Gasteiger partial charge in [0, 0.05) is 31.0 Å². The van der Waals surface area contributed by atoms with Crippen LogP contribution in [-0.2, 0) is 13.1 Å². The summed E-state index contributed by atoms with van der Waals surface area (Å²) in [5.74, 6) is 0. The number of hydrogen-bond acceptors (Lipinski definition) is 4. The molecule has 0 bridgehead atoms. The summed E-state index contributed by atoms with van der Waals surface area (Å²) in [7, 11) is 0. The van der Waals surface area contributed by atoms with Gasteiger partial charge in [-0.25, -0.2) is 0 Å². The van der Waals surface area contributed by atoms with E-state index in [4.69, 9.17) is 0 Å². The van der Waals surface area contributed by atoms with Crippen LogP contribution in [-0.4, -0.2) is 29.0 Å². The minimum Gasteiger partial charge on any atom is -0.317 e. The molecule has 1 N–H and O–H groups in total. The minimum atomic E-state index is 0.581. The smallest absolute Gasteiger partial charge is 0.0417 e. The lowest BCUT2D eigenvalue weighted by atomic mass is 9.93. The zero-order chi connectivity index (χ0) is 15.7. The summed E-state index contributed by atoms with van der Waals surface area (Å²) < 4.78 is 0. The van der Waals surface area contributed by atoms with E-state index >= 15 is 0 Å². The molecule has 0 amide bonds. The Hall–Kier alpha value is -1.23. The third-order valence-corrected chi connectivity index (χ3v) is 6.37. The highest BCUT2D eigenvalue weighted by Gasteiger charge is 2.56. The fraction of sp³-hybridized carbons (Fsp3) is 0.526. The first-order valence-corrected chi connectivity index (χ1v) is 9.57. The highest BCUT2D eigenvalue weighted by molar-refractivity contribution is 7.07. The Kier molecular flexibility index (Phi) is 4.22. The van der Waals surface area contributed by atoms with Crippen molar-refractivity contribution in [1.82, 2.24) is 15.2 Å². The fourth-order valence-electron chi connectivity index (χ4n) is 4.10. The van der Waals surface area contributed by atoms with Crippen LogP contribution in [0.4, 0.5) is 0 Å². The number of pyridine rings is 1. The Morgan fingerprint density at radius 1 is 1.30 bits per heavy atom. The second-order valence-corrected chi connectivity index (χ2v) is 7.90. The molecular formula is C19H25N3S. The molecule has 1 aliphatic carbocycles. The van der Waals surface area contributed by atoms with Gasteiger partial charge >= 0.3 is 0 Å². The fourth-order valence-corrected chi connectivity index (χ4v) is 4.76. The van der Waals surface area contributed by atoms with E-state index in [-0.39, 0.29) is 0 Å². The van der Waals surface area contributed by atoms with Gasteiger partial charge in [0.05, 0.1) is 0 Å². The monoisotopic (exact) mass is 327 g/mol. The van der Waals surface area contributed by atoms with Crippen LogP contribution in [0.25, 0.3) is 0 Å². The summed E-state index contributed by atoms with van der Waals surface area (Å²) >= 11 is 1.80. The molecule has 1 atom stereocenters. The van der Waals surface area contributed by atoms with Crippen molar-refractivity contribution in [1.29, 1.82) is 0 Å². The van der Waals surface area contributed by atoms with E-state index in [0.29, 0.717) is 5.41 Å². The van der Waals surface area contributed by atoms with Gasteiger partial charge in [-0.05, 0) is 78.7 Å². The average molecular weight is 327 g/mol. The number of piperidine rings is 1. The molecule has 1 unspecified atom stereocenters. The summed E-state index contributed by atoms with van der Waals surface area (Å²) in [6.45, 7) is 6.60. The summed E-state index contributed by atoms with van der Waals surface area (Å²) in [5, 5.41) is 8.00. The minimum absolute atomic E-state index is 0.581. The van der Waals surface area contributed by atoms with Crippen molar-refractivity contribution < 1.29 is 0 Å². The first kappa shape index (κ1) is 15.3. The Morgan fingerprint density at radius 3 is 2.91 bits per heavy atom. The number of thiophene rings is 1. The van der Waals surface area contributed by atoms with Crippen molar-refractivity contribution >= 4 is 11.3 Å². The highest BCUT2D eigenvalue weighted by Crippen LogP contribution is 2.56. The van der Waals surface area contributed by atoms with Crippen molar-refractivity contribution in [3.05, 3.63) is 52.0 Å². The molecule has 2 aliphatic rings. The second-order valence-electron chi connectivity index (χ2n) is 7.12. The van der Waals surface area contributed by atoms with Crippen LogP contribution < -0.4 is 5.32 Å². The Morgan fingerprint density at radius 2 is 2.17 bits per heavy atom. The number of rotatable bonds is 5. The molecule has 0 radical (unpaired) electrons. The third kappa shape index (κ3) is 3.21. The van der Waals surface area contributed by atoms with Gasteiger partial charge in [-0.3, -0.25) is 9.88 Å². The van der Waals surface area contributed by atoms with Gasteiger partial charge in [-0.15, -0.1) is 0 Å². The standard InChI is InChI=1S/C19H25N3S/c1-15-17(3-2-7-21-15)13-22(12-16-4-10-23-14-16)18-11-19(18)5-8-20-9-6-19/h2-4,7,10,14,18,20H,5-6,8-9,11-13H2,1H3. The van der Waals surface area contributed by atoms with Crippen molar-refractivity contribution in [3.63, 3.8) is 0 Å². The van der Waals surface area contributed by atoms with E-state index in [9.17, 15) is 0 Å². The molecule has 3 heterocycles. The molecular weight excluding hydrogens is 302 g/mol. The summed E-state index contributed by atoms with van der Waals surface area (Å²) in [4.78, 5) is 7.18. The molecule has 2 fully saturated rings. The summed E-state index contributed by atoms with van der Waals surface area (Å²) in [6.07, 6.45) is 5.94. The van der Waals surface area contributed by atoms with Gasteiger partial charge in [-0.2, -0.15) is 11.3 Å². The highest BCUT2D eigenvalue weighted by atomic mass is 32.1. The average Bonchev–Trinajstić information content (AvgIpc) is 3.01. The number of aryl methyl sites for hydroxylation is 1. The van der Waals surface area contributed by atoms with Crippen LogP contribution in [0.3, 0.4) is 0 Å². The lowest BCUT2D eigenvalue weighted by molar-refractivity contribution is 0.187. The van der Waals surface area contributed by atoms with E-state index in [0.717, 1.165) is 19.1 Å². The van der Waals surface area contributed by atoms with E-state index in [2.05, 4.69) is 51.1 Å². The normalized spacial score (nSPS) is 22.6. The molecule has 1 aliphatic heterocycles. The van der Waals surface area contributed by atoms with Gasteiger partial charge < -0.3 is 5.32 Å². The molecule has 1 saturated heterocycles. The predicted molar refractivity (Wildman–Crippen MR) is 95.5 cm³/mol. The first-order chi connectivity index (χ1) is 11.3. The molecule has 2 aromatic rings. The van der Waals surface area contributed by atoms with Crippen LogP contribution >= 0.6 is 11.3 Å². The molecule has 4 rings (SSSR count). The lowest BCUT2D eigenvalue weighted by Gasteiger charge is -2.29. The second kappa shape index (κ2) is 6.34. The first-order valence-electron chi connectivity index (χ1n) is 8.63. The van der Waals surface area contributed by atoms with Crippen LogP contribution in [0.2, 0.25) is 0 Å². The van der Waals surface area contributed by atoms with Gasteiger partial charge in [0.15, 0.2) is 0 Å². The SMILES string of the molecule is Cc1ncccc1CN(Cc1ccsc1)C1CC12CCNCC2. The Balaban J connectivity index is 1.53. The van der Waals surface area contributed by atoms with E-state index in [1.165, 1.54) is 49.2 Å². The number of hydrogen-bond donors (Lipinski definition) is 1. The molecule has 1 saturated carbocycles. The Bertz CT molecular complexity index is 646. The van der Waals surface area contributed by atoms with Crippen LogP contribution in [0.1, 0.15) is 36.1 Å². The van der Waals surface area contributed by atoms with E-state index in [1.54, 1.807) is 11.3 Å². The van der Waals surface area contributed by atoms with Gasteiger partial charge in [-0.1, -0.05) is 6.07 Å². The molecule has 23 heavy (non-hydrogen) atoms. The number of nitrogens with one attached hydrogen (secondary N) is 1. The maximum Gasteiger partial charge on any atom is 0.0417 e. The number of nitrogens with zero attached hydrogens (tertiary/aromatic N) is 2. The third-order valence-electron chi connectivity index (χ3n) is 5.64. The largest absolute Gasteiger partial charge is 0.317 e. The lowest BCUT2D eigenvalue weighted by Crippen LogP contribution is -2.35. The van der Waals surface area contributed by atoms with Gasteiger partial charge in [0.25, 0.3) is 0 Å². The Labute approximate surface area is 142 Å². The summed E-state index contributed by atoms with van der Waals surface area (Å²) in [5.41, 5.74) is 4.58. The zero-order valence-electron chi connectivity index (χ0n) is 13.8. The van der Waals surface area contributed by atoms with E-state index in [1.807, 2.05) is 6.20 Å². The van der Waals surface area contributed by atoms with Crippen molar-refractivity contribution in [2.24, 2.45) is 5.41 Å². The quantitative estimate of drug-likeness (QED) is 0.909. The van der Waals surface area contributed by atoms with Crippen molar-refractivity contribution in [2.75, 3.05) is 13.1 Å². The van der Waals surface area contributed by atoms with Crippen LogP contribution in [0.15, 0.2) is 35.2 Å². The molecule has 2 aromatic heterocycles. The predicted octanol–water partition coefficient (Wildman–Crippen LogP) is 3.60. The van der Waals surface area contributed by atoms with Crippen molar-refractivity contribution in [2.45, 2.75) is 45.3 Å². The molecule has 1 spiro atoms. The van der Waals surface area contributed by atoms with Crippen LogP contribution in [0, 0.1) is 12.3 Å². The zero-order valence-corrected chi connectivity index (χ0v) is 14.6. The number of aromatic nitrogens is 1. The topological polar surface area (TPSA) is 28.2 Å². The van der Waals surface area contributed by atoms with Gasteiger partial charge in [0.2, 0.25) is 0 Å². The summed E-state index contributed by atoms with van der Waals surface area (Å²) in [6, 6.07) is 7.31. The molecule has 122 valence electrons. The van der Waals surface area contributed by atoms with Gasteiger partial charge in [0.1, 0.15) is 0 Å². The molecule has 0 aromatic carbocycles. The maximum absolute atomic E-state index is 4.48. The maximum atomic E-state index is 4.48. The molecule has 4 heteroatoms. The van der Waals surface area contributed by atoms with Crippen molar-refractivity contribution in [3.8, 4) is 0 Å². The van der Waals surface area contributed by atoms with Crippen LogP contribution in [0.5, 0.6) is 0 Å².